The largest absolute Gasteiger partial charge is 0.396 e. The number of nitrogens with two attached hydrogens (primary N) is 1. The number of hydrogen-bond acceptors (Lipinski definition) is 5. The zero-order valence-electron chi connectivity index (χ0n) is 10.5. The standard InChI is InChI=1S/C12H17N5O/c1-8(2)6-16-12(18)7-15-11-4-3-9(14)10(5-13)17-11/h3-4,8H,6-7,14H2,1-2H3,(H,15,17)(H,16,18). The second kappa shape index (κ2) is 6.45. The van der Waals surface area contributed by atoms with Crippen LogP contribution in [0.4, 0.5) is 11.5 Å². The molecule has 0 saturated heterocycles. The van der Waals surface area contributed by atoms with Gasteiger partial charge in [0.15, 0.2) is 5.69 Å². The number of aromatic nitrogens is 1. The highest BCUT2D eigenvalue weighted by Gasteiger charge is 2.05. The first-order valence-electron chi connectivity index (χ1n) is 5.70. The van der Waals surface area contributed by atoms with Crippen molar-refractivity contribution in [2.24, 2.45) is 5.92 Å². The van der Waals surface area contributed by atoms with E-state index in [4.69, 9.17) is 11.0 Å². The Morgan fingerprint density at radius 3 is 2.89 bits per heavy atom. The van der Waals surface area contributed by atoms with Crippen LogP contribution in [-0.2, 0) is 4.79 Å². The number of pyridine rings is 1. The Kier molecular flexibility index (Phi) is 4.93. The molecule has 0 atom stereocenters. The molecule has 96 valence electrons. The van der Waals surface area contributed by atoms with Crippen LogP contribution in [-0.4, -0.2) is 24.0 Å². The van der Waals surface area contributed by atoms with Gasteiger partial charge < -0.3 is 16.4 Å². The lowest BCUT2D eigenvalue weighted by atomic mass is 10.2. The molecule has 0 fully saturated rings. The third-order valence-corrected chi connectivity index (χ3v) is 2.17. The Bertz CT molecular complexity index is 464. The molecule has 0 aliphatic heterocycles. The van der Waals surface area contributed by atoms with Gasteiger partial charge in [-0.3, -0.25) is 4.79 Å². The van der Waals surface area contributed by atoms with Gasteiger partial charge in [0.25, 0.3) is 0 Å². The number of nitrogens with one attached hydrogen (secondary N) is 2. The van der Waals surface area contributed by atoms with Crippen molar-refractivity contribution in [3.8, 4) is 6.07 Å². The summed E-state index contributed by atoms with van der Waals surface area (Å²) in [4.78, 5) is 15.4. The van der Waals surface area contributed by atoms with Crippen molar-refractivity contribution >= 4 is 17.4 Å². The van der Waals surface area contributed by atoms with E-state index in [-0.39, 0.29) is 18.1 Å². The van der Waals surface area contributed by atoms with Crippen LogP contribution in [0.3, 0.4) is 0 Å². The number of rotatable bonds is 5. The topological polar surface area (TPSA) is 104 Å². The fourth-order valence-corrected chi connectivity index (χ4v) is 1.21. The Balaban J connectivity index is 2.49. The molecule has 0 aliphatic carbocycles. The van der Waals surface area contributed by atoms with Crippen LogP contribution in [0, 0.1) is 17.2 Å². The Morgan fingerprint density at radius 1 is 1.56 bits per heavy atom. The van der Waals surface area contributed by atoms with Crippen LogP contribution >= 0.6 is 0 Å². The van der Waals surface area contributed by atoms with Crippen LogP contribution in [0.15, 0.2) is 12.1 Å². The van der Waals surface area contributed by atoms with Crippen LogP contribution < -0.4 is 16.4 Å². The molecular weight excluding hydrogens is 230 g/mol. The number of amides is 1. The second-order valence-electron chi connectivity index (χ2n) is 4.30. The average molecular weight is 247 g/mol. The van der Waals surface area contributed by atoms with Crippen molar-refractivity contribution in [2.45, 2.75) is 13.8 Å². The maximum Gasteiger partial charge on any atom is 0.239 e. The zero-order chi connectivity index (χ0) is 13.5. The number of carbonyl (C=O) groups is 1. The minimum atomic E-state index is -0.110. The van der Waals surface area contributed by atoms with E-state index in [0.29, 0.717) is 24.0 Å². The molecule has 1 amide bonds. The summed E-state index contributed by atoms with van der Waals surface area (Å²) in [5, 5.41) is 14.4. The van der Waals surface area contributed by atoms with Gasteiger partial charge in [0.1, 0.15) is 11.9 Å². The van der Waals surface area contributed by atoms with Gasteiger partial charge in [-0.2, -0.15) is 5.26 Å². The second-order valence-corrected chi connectivity index (χ2v) is 4.30. The van der Waals surface area contributed by atoms with Gasteiger partial charge in [-0.25, -0.2) is 4.98 Å². The van der Waals surface area contributed by atoms with E-state index in [0.717, 1.165) is 0 Å². The molecule has 1 heterocycles. The molecule has 0 bridgehead atoms. The Morgan fingerprint density at radius 2 is 2.28 bits per heavy atom. The number of nitrogen functional groups attached to an aromatic ring is 1. The van der Waals surface area contributed by atoms with E-state index in [1.54, 1.807) is 12.1 Å². The highest BCUT2D eigenvalue weighted by molar-refractivity contribution is 5.80. The molecule has 0 aromatic carbocycles. The van der Waals surface area contributed by atoms with Gasteiger partial charge in [-0.15, -0.1) is 0 Å². The molecule has 0 aliphatic rings. The first-order chi connectivity index (χ1) is 8.52. The van der Waals surface area contributed by atoms with E-state index in [2.05, 4.69) is 15.6 Å². The summed E-state index contributed by atoms with van der Waals surface area (Å²) in [6.45, 7) is 4.80. The van der Waals surface area contributed by atoms with E-state index in [9.17, 15) is 4.79 Å². The maximum atomic E-state index is 11.5. The molecule has 0 saturated carbocycles. The molecule has 0 radical (unpaired) electrons. The quantitative estimate of drug-likeness (QED) is 0.711. The fourth-order valence-electron chi connectivity index (χ4n) is 1.21. The SMILES string of the molecule is CC(C)CNC(=O)CNc1ccc(N)c(C#N)n1. The van der Waals surface area contributed by atoms with Gasteiger partial charge in [0.2, 0.25) is 5.91 Å². The number of anilines is 2. The van der Waals surface area contributed by atoms with E-state index in [1.165, 1.54) is 0 Å². The summed E-state index contributed by atoms with van der Waals surface area (Å²) < 4.78 is 0. The molecule has 6 nitrogen and oxygen atoms in total. The smallest absolute Gasteiger partial charge is 0.239 e. The summed E-state index contributed by atoms with van der Waals surface area (Å²) >= 11 is 0. The van der Waals surface area contributed by atoms with E-state index >= 15 is 0 Å². The van der Waals surface area contributed by atoms with Crippen molar-refractivity contribution < 1.29 is 4.79 Å². The van der Waals surface area contributed by atoms with Crippen molar-refractivity contribution in [1.82, 2.24) is 10.3 Å². The highest BCUT2D eigenvalue weighted by Crippen LogP contribution is 2.11. The molecule has 6 heteroatoms. The summed E-state index contributed by atoms with van der Waals surface area (Å²) in [5.74, 6) is 0.759. The predicted molar refractivity (Wildman–Crippen MR) is 69.7 cm³/mol. The summed E-state index contributed by atoms with van der Waals surface area (Å²) in [5.41, 5.74) is 6.03. The lowest BCUT2D eigenvalue weighted by molar-refractivity contribution is -0.119. The van der Waals surface area contributed by atoms with Crippen LogP contribution in [0.5, 0.6) is 0 Å². The first-order valence-corrected chi connectivity index (χ1v) is 5.70. The van der Waals surface area contributed by atoms with Crippen LogP contribution in [0.25, 0.3) is 0 Å². The molecule has 1 aromatic heterocycles. The molecule has 4 N–H and O–H groups in total. The molecule has 0 unspecified atom stereocenters. The zero-order valence-corrected chi connectivity index (χ0v) is 10.5. The normalized spacial score (nSPS) is 9.89. The van der Waals surface area contributed by atoms with Crippen LogP contribution in [0.2, 0.25) is 0 Å². The van der Waals surface area contributed by atoms with Gasteiger partial charge >= 0.3 is 0 Å². The highest BCUT2D eigenvalue weighted by atomic mass is 16.1. The lowest BCUT2D eigenvalue weighted by Crippen LogP contribution is -2.32. The minimum absolute atomic E-state index is 0.110. The van der Waals surface area contributed by atoms with Crippen molar-refractivity contribution in [2.75, 3.05) is 24.1 Å². The Hall–Kier alpha value is -2.29. The van der Waals surface area contributed by atoms with Gasteiger partial charge in [0.05, 0.1) is 12.2 Å². The first kappa shape index (κ1) is 13.8. The molecule has 1 rings (SSSR count). The number of nitriles is 1. The number of nitrogens with zero attached hydrogens (tertiary/aromatic N) is 2. The molecule has 0 spiro atoms. The van der Waals surface area contributed by atoms with Gasteiger partial charge in [-0.05, 0) is 18.1 Å². The third-order valence-electron chi connectivity index (χ3n) is 2.17. The molecular formula is C12H17N5O. The van der Waals surface area contributed by atoms with Crippen molar-refractivity contribution in [3.63, 3.8) is 0 Å². The maximum absolute atomic E-state index is 11.5. The van der Waals surface area contributed by atoms with Gasteiger partial charge in [-0.1, -0.05) is 13.8 Å². The van der Waals surface area contributed by atoms with Gasteiger partial charge in [0, 0.05) is 6.54 Å². The molecule has 18 heavy (non-hydrogen) atoms. The molecule has 1 aromatic rings. The van der Waals surface area contributed by atoms with Crippen LogP contribution in [0.1, 0.15) is 19.5 Å². The Labute approximate surface area is 106 Å². The van der Waals surface area contributed by atoms with E-state index < -0.39 is 0 Å². The number of carbonyl (C=O) groups excluding carboxylic acids is 1. The summed E-state index contributed by atoms with van der Waals surface area (Å²) in [6.07, 6.45) is 0. The average Bonchev–Trinajstić information content (AvgIpc) is 2.35. The fraction of sp³-hybridized carbons (Fsp3) is 0.417. The minimum Gasteiger partial charge on any atom is -0.396 e. The van der Waals surface area contributed by atoms with Crippen molar-refractivity contribution in [3.05, 3.63) is 17.8 Å². The predicted octanol–water partition coefficient (Wildman–Crippen LogP) is 0.720. The third kappa shape index (κ3) is 4.29. The monoisotopic (exact) mass is 247 g/mol. The summed E-state index contributed by atoms with van der Waals surface area (Å²) in [7, 11) is 0. The lowest BCUT2D eigenvalue weighted by Gasteiger charge is -2.09. The summed E-state index contributed by atoms with van der Waals surface area (Å²) in [6, 6.07) is 5.10. The number of hydrogen-bond donors (Lipinski definition) is 3. The van der Waals surface area contributed by atoms with E-state index in [1.807, 2.05) is 19.9 Å². The van der Waals surface area contributed by atoms with Crippen molar-refractivity contribution in [1.29, 1.82) is 5.26 Å².